The van der Waals surface area contributed by atoms with E-state index in [0.717, 1.165) is 12.8 Å². The van der Waals surface area contributed by atoms with Crippen LogP contribution in [0, 0.1) is 0 Å². The van der Waals surface area contributed by atoms with Gasteiger partial charge in [0.2, 0.25) is 5.91 Å². The molecule has 4 nitrogen and oxygen atoms in total. The molecule has 0 aromatic rings. The third-order valence-corrected chi connectivity index (χ3v) is 3.14. The third kappa shape index (κ3) is 3.96. The van der Waals surface area contributed by atoms with Crippen LogP contribution in [0.4, 0.5) is 0 Å². The summed E-state index contributed by atoms with van der Waals surface area (Å²) in [6.07, 6.45) is 1.80. The van der Waals surface area contributed by atoms with Crippen LogP contribution in [0.1, 0.15) is 47.5 Å². The number of carbonyl (C=O) groups is 1. The van der Waals surface area contributed by atoms with Gasteiger partial charge in [-0.1, -0.05) is 13.3 Å². The molecule has 1 saturated heterocycles. The maximum atomic E-state index is 11.9. The Morgan fingerprint density at radius 1 is 1.47 bits per heavy atom. The minimum atomic E-state index is -0.564. The highest BCUT2D eigenvalue weighted by atomic mass is 16.3. The van der Waals surface area contributed by atoms with E-state index in [1.54, 1.807) is 0 Å². The SMILES string of the molecule is CCCC1(O)CN(C(C)C(=O)NC(C)(C)C)C1. The zero-order chi connectivity index (χ0) is 13.3. The Morgan fingerprint density at radius 3 is 2.41 bits per heavy atom. The Hall–Kier alpha value is -0.610. The van der Waals surface area contributed by atoms with Gasteiger partial charge in [0.25, 0.3) is 0 Å². The van der Waals surface area contributed by atoms with Crippen molar-refractivity contribution in [3.05, 3.63) is 0 Å². The number of likely N-dealkylation sites (tertiary alicyclic amines) is 1. The van der Waals surface area contributed by atoms with Crippen molar-refractivity contribution >= 4 is 5.91 Å². The summed E-state index contributed by atoms with van der Waals surface area (Å²) in [6, 6.07) is -0.161. The average Bonchev–Trinajstić information content (AvgIpc) is 2.10. The lowest BCUT2D eigenvalue weighted by Crippen LogP contribution is -2.66. The monoisotopic (exact) mass is 242 g/mol. The Kier molecular flexibility index (Phi) is 4.20. The van der Waals surface area contributed by atoms with Gasteiger partial charge in [0.1, 0.15) is 0 Å². The molecular formula is C13H26N2O2. The Morgan fingerprint density at radius 2 is 2.00 bits per heavy atom. The molecule has 100 valence electrons. The predicted octanol–water partition coefficient (Wildman–Crippen LogP) is 1.14. The van der Waals surface area contributed by atoms with Crippen molar-refractivity contribution in [3.63, 3.8) is 0 Å². The maximum absolute atomic E-state index is 11.9. The molecule has 17 heavy (non-hydrogen) atoms. The lowest BCUT2D eigenvalue weighted by atomic mass is 9.88. The summed E-state index contributed by atoms with van der Waals surface area (Å²) in [5.74, 6) is 0.0380. The predicted molar refractivity (Wildman–Crippen MR) is 68.8 cm³/mol. The molecule has 1 atom stereocenters. The smallest absolute Gasteiger partial charge is 0.237 e. The maximum Gasteiger partial charge on any atom is 0.237 e. The van der Waals surface area contributed by atoms with Crippen LogP contribution in [-0.2, 0) is 4.79 Å². The average molecular weight is 242 g/mol. The second-order valence-electron chi connectivity index (χ2n) is 6.29. The summed E-state index contributed by atoms with van der Waals surface area (Å²) in [7, 11) is 0. The molecule has 0 spiro atoms. The summed E-state index contributed by atoms with van der Waals surface area (Å²) in [5, 5.41) is 13.0. The molecule has 0 radical (unpaired) electrons. The standard InChI is InChI=1S/C13H26N2O2/c1-6-7-13(17)8-15(9-13)10(2)11(16)14-12(3,4)5/h10,17H,6-9H2,1-5H3,(H,14,16). The molecule has 1 aliphatic rings. The number of carbonyl (C=O) groups excluding carboxylic acids is 1. The second kappa shape index (κ2) is 4.94. The van der Waals surface area contributed by atoms with Gasteiger partial charge < -0.3 is 10.4 Å². The van der Waals surface area contributed by atoms with Crippen molar-refractivity contribution in [3.8, 4) is 0 Å². The number of nitrogens with one attached hydrogen (secondary N) is 1. The summed E-state index contributed by atoms with van der Waals surface area (Å²) < 4.78 is 0. The number of aliphatic hydroxyl groups is 1. The van der Waals surface area contributed by atoms with E-state index in [4.69, 9.17) is 0 Å². The van der Waals surface area contributed by atoms with Crippen LogP contribution in [0.2, 0.25) is 0 Å². The van der Waals surface area contributed by atoms with Crippen LogP contribution >= 0.6 is 0 Å². The van der Waals surface area contributed by atoms with Gasteiger partial charge in [-0.25, -0.2) is 0 Å². The highest BCUT2D eigenvalue weighted by Crippen LogP contribution is 2.27. The quantitative estimate of drug-likeness (QED) is 0.777. The Bertz CT molecular complexity index is 278. The fourth-order valence-electron chi connectivity index (χ4n) is 2.25. The van der Waals surface area contributed by atoms with Gasteiger partial charge in [0.15, 0.2) is 0 Å². The largest absolute Gasteiger partial charge is 0.387 e. The summed E-state index contributed by atoms with van der Waals surface area (Å²) in [5.41, 5.74) is -0.763. The van der Waals surface area contributed by atoms with Crippen LogP contribution in [0.15, 0.2) is 0 Å². The first-order chi connectivity index (χ1) is 7.67. The van der Waals surface area contributed by atoms with E-state index in [1.807, 2.05) is 32.6 Å². The normalized spacial score (nSPS) is 21.8. The number of β-amino-alcohol motifs (C(OH)–C–C–N with tert-alkyl or cyclic N) is 1. The van der Waals surface area contributed by atoms with Gasteiger partial charge in [-0.05, 0) is 34.1 Å². The third-order valence-electron chi connectivity index (χ3n) is 3.14. The van der Waals surface area contributed by atoms with E-state index in [1.165, 1.54) is 0 Å². The van der Waals surface area contributed by atoms with E-state index < -0.39 is 5.60 Å². The number of hydrogen-bond donors (Lipinski definition) is 2. The highest BCUT2D eigenvalue weighted by Gasteiger charge is 2.43. The Labute approximate surface area is 104 Å². The molecule has 1 amide bonds. The molecule has 1 fully saturated rings. The summed E-state index contributed by atoms with van der Waals surface area (Å²) in [4.78, 5) is 14.0. The lowest BCUT2D eigenvalue weighted by molar-refractivity contribution is -0.144. The molecule has 0 bridgehead atoms. The molecule has 1 aliphatic heterocycles. The number of rotatable bonds is 4. The van der Waals surface area contributed by atoms with Gasteiger partial charge in [-0.3, -0.25) is 9.69 Å². The number of nitrogens with zero attached hydrogens (tertiary/aromatic N) is 1. The fraction of sp³-hybridized carbons (Fsp3) is 0.923. The van der Waals surface area contributed by atoms with E-state index in [2.05, 4.69) is 12.2 Å². The molecular weight excluding hydrogens is 216 g/mol. The molecule has 1 unspecified atom stereocenters. The minimum Gasteiger partial charge on any atom is -0.387 e. The van der Waals surface area contributed by atoms with Crippen molar-refractivity contribution < 1.29 is 9.90 Å². The highest BCUT2D eigenvalue weighted by molar-refractivity contribution is 5.82. The van der Waals surface area contributed by atoms with Gasteiger partial charge in [-0.15, -0.1) is 0 Å². The molecule has 1 heterocycles. The van der Waals surface area contributed by atoms with Crippen LogP contribution in [0.5, 0.6) is 0 Å². The van der Waals surface area contributed by atoms with Gasteiger partial charge in [-0.2, -0.15) is 0 Å². The topological polar surface area (TPSA) is 52.6 Å². The first kappa shape index (κ1) is 14.5. The molecule has 0 aromatic heterocycles. The minimum absolute atomic E-state index is 0.0380. The molecule has 2 N–H and O–H groups in total. The van der Waals surface area contributed by atoms with Crippen molar-refractivity contribution in [2.45, 2.75) is 64.6 Å². The number of hydrogen-bond acceptors (Lipinski definition) is 3. The van der Waals surface area contributed by atoms with Crippen LogP contribution in [-0.4, -0.2) is 46.2 Å². The van der Waals surface area contributed by atoms with Crippen molar-refractivity contribution in [2.75, 3.05) is 13.1 Å². The second-order valence-corrected chi connectivity index (χ2v) is 6.29. The van der Waals surface area contributed by atoms with Gasteiger partial charge in [0.05, 0.1) is 11.6 Å². The van der Waals surface area contributed by atoms with Gasteiger partial charge in [0, 0.05) is 18.6 Å². The molecule has 1 rings (SSSR count). The van der Waals surface area contributed by atoms with Crippen molar-refractivity contribution in [1.82, 2.24) is 10.2 Å². The van der Waals surface area contributed by atoms with E-state index in [-0.39, 0.29) is 17.5 Å². The zero-order valence-corrected chi connectivity index (χ0v) is 11.7. The van der Waals surface area contributed by atoms with E-state index >= 15 is 0 Å². The summed E-state index contributed by atoms with van der Waals surface area (Å²) in [6.45, 7) is 11.1. The van der Waals surface area contributed by atoms with Crippen LogP contribution < -0.4 is 5.32 Å². The van der Waals surface area contributed by atoms with Gasteiger partial charge >= 0.3 is 0 Å². The zero-order valence-electron chi connectivity index (χ0n) is 11.7. The molecule has 0 aliphatic carbocycles. The Balaban J connectivity index is 2.41. The van der Waals surface area contributed by atoms with Crippen LogP contribution in [0.25, 0.3) is 0 Å². The van der Waals surface area contributed by atoms with Crippen LogP contribution in [0.3, 0.4) is 0 Å². The van der Waals surface area contributed by atoms with E-state index in [9.17, 15) is 9.90 Å². The van der Waals surface area contributed by atoms with E-state index in [0.29, 0.717) is 13.1 Å². The first-order valence-corrected chi connectivity index (χ1v) is 6.45. The molecule has 0 saturated carbocycles. The summed E-state index contributed by atoms with van der Waals surface area (Å²) >= 11 is 0. The molecule has 4 heteroatoms. The number of amides is 1. The first-order valence-electron chi connectivity index (χ1n) is 6.45. The van der Waals surface area contributed by atoms with Crippen molar-refractivity contribution in [1.29, 1.82) is 0 Å². The van der Waals surface area contributed by atoms with Crippen molar-refractivity contribution in [2.24, 2.45) is 0 Å². The molecule has 0 aromatic carbocycles. The fourth-order valence-corrected chi connectivity index (χ4v) is 2.25. The lowest BCUT2D eigenvalue weighted by Gasteiger charge is -2.49.